The Hall–Kier alpha value is -1.83. The fourth-order valence-corrected chi connectivity index (χ4v) is 2.91. The summed E-state index contributed by atoms with van der Waals surface area (Å²) in [6, 6.07) is 0. The molecule has 4 N–H and O–H groups in total. The zero-order valence-corrected chi connectivity index (χ0v) is 12.3. The van der Waals surface area contributed by atoms with Crippen LogP contribution in [0.3, 0.4) is 0 Å². The number of rotatable bonds is 5. The summed E-state index contributed by atoms with van der Waals surface area (Å²) >= 11 is 1.13. The summed E-state index contributed by atoms with van der Waals surface area (Å²) in [4.78, 5) is 25.4. The molecule has 7 nitrogen and oxygen atoms in total. The van der Waals surface area contributed by atoms with Gasteiger partial charge in [-0.15, -0.1) is 0 Å². The molecular weight excluding hydrogens is 278 g/mol. The van der Waals surface area contributed by atoms with E-state index in [1.165, 1.54) is 0 Å². The molecule has 2 heterocycles. The number of hydrogen-bond donors (Lipinski definition) is 3. The molecular formula is C12H19N5O2S. The van der Waals surface area contributed by atoms with Crippen molar-refractivity contribution in [1.29, 1.82) is 0 Å². The zero-order valence-electron chi connectivity index (χ0n) is 11.4. The zero-order chi connectivity index (χ0) is 14.5. The standard InChI is InChI=1S/C12H19N5O2S/c1-14-11(19)9-10(13)16-20-12(9)15-5-4-8(18)17-6-2-3-7-17/h15H,2-7H2,1H3,(H2,13,16)(H,14,19). The van der Waals surface area contributed by atoms with Crippen molar-refractivity contribution in [3.8, 4) is 0 Å². The first-order valence-corrected chi connectivity index (χ1v) is 7.39. The third-order valence-electron chi connectivity index (χ3n) is 3.26. The first-order valence-electron chi connectivity index (χ1n) is 6.62. The summed E-state index contributed by atoms with van der Waals surface area (Å²) in [7, 11) is 1.54. The molecule has 20 heavy (non-hydrogen) atoms. The van der Waals surface area contributed by atoms with E-state index < -0.39 is 0 Å². The molecule has 0 aromatic carbocycles. The first-order chi connectivity index (χ1) is 9.63. The third kappa shape index (κ3) is 3.19. The van der Waals surface area contributed by atoms with Gasteiger partial charge in [-0.1, -0.05) is 0 Å². The van der Waals surface area contributed by atoms with Gasteiger partial charge in [0.2, 0.25) is 5.91 Å². The number of carbonyl (C=O) groups excluding carboxylic acids is 2. The predicted octanol–water partition coefficient (Wildman–Crippen LogP) is 0.509. The van der Waals surface area contributed by atoms with E-state index >= 15 is 0 Å². The molecule has 2 amide bonds. The van der Waals surface area contributed by atoms with Gasteiger partial charge in [0, 0.05) is 33.1 Å². The normalized spacial score (nSPS) is 14.3. The van der Waals surface area contributed by atoms with Gasteiger partial charge in [-0.3, -0.25) is 9.59 Å². The molecule has 0 unspecified atom stereocenters. The molecule has 2 rings (SSSR count). The predicted molar refractivity (Wildman–Crippen MR) is 78.8 cm³/mol. The van der Waals surface area contributed by atoms with Crippen molar-refractivity contribution in [2.45, 2.75) is 19.3 Å². The van der Waals surface area contributed by atoms with Gasteiger partial charge >= 0.3 is 0 Å². The van der Waals surface area contributed by atoms with Gasteiger partial charge in [0.05, 0.1) is 0 Å². The number of hydrogen-bond acceptors (Lipinski definition) is 6. The first kappa shape index (κ1) is 14.6. The summed E-state index contributed by atoms with van der Waals surface area (Å²) in [5.74, 6) is 0.0846. The van der Waals surface area contributed by atoms with Crippen LogP contribution in [0.4, 0.5) is 10.8 Å². The fraction of sp³-hybridized carbons (Fsp3) is 0.583. The quantitative estimate of drug-likeness (QED) is 0.735. The van der Waals surface area contributed by atoms with Crippen LogP contribution in [0, 0.1) is 0 Å². The highest BCUT2D eigenvalue weighted by molar-refractivity contribution is 7.11. The molecule has 1 fully saturated rings. The molecule has 1 aliphatic heterocycles. The van der Waals surface area contributed by atoms with Crippen molar-refractivity contribution < 1.29 is 9.59 Å². The van der Waals surface area contributed by atoms with E-state index in [0.29, 0.717) is 23.5 Å². The van der Waals surface area contributed by atoms with Gasteiger partial charge in [-0.25, -0.2) is 0 Å². The van der Waals surface area contributed by atoms with Crippen LogP contribution in [0.25, 0.3) is 0 Å². The Morgan fingerprint density at radius 1 is 1.40 bits per heavy atom. The minimum absolute atomic E-state index is 0.147. The largest absolute Gasteiger partial charge is 0.382 e. The maximum absolute atomic E-state index is 11.9. The lowest BCUT2D eigenvalue weighted by Gasteiger charge is -2.15. The van der Waals surface area contributed by atoms with Crippen LogP contribution >= 0.6 is 11.5 Å². The van der Waals surface area contributed by atoms with Gasteiger partial charge < -0.3 is 21.3 Å². The highest BCUT2D eigenvalue weighted by atomic mass is 32.1. The Kier molecular flexibility index (Phi) is 4.78. The molecule has 0 atom stereocenters. The summed E-state index contributed by atoms with van der Waals surface area (Å²) in [6.07, 6.45) is 2.59. The second-order valence-corrected chi connectivity index (χ2v) is 5.39. The van der Waals surface area contributed by atoms with Crippen molar-refractivity contribution in [2.24, 2.45) is 0 Å². The molecule has 0 aliphatic carbocycles. The highest BCUT2D eigenvalue weighted by Gasteiger charge is 2.20. The monoisotopic (exact) mass is 297 g/mol. The highest BCUT2D eigenvalue weighted by Crippen LogP contribution is 2.26. The minimum atomic E-state index is -0.274. The molecule has 1 aromatic heterocycles. The number of aromatic nitrogens is 1. The van der Waals surface area contributed by atoms with Crippen LogP contribution in [0.2, 0.25) is 0 Å². The Labute approximate surface area is 121 Å². The third-order valence-corrected chi connectivity index (χ3v) is 4.07. The number of nitrogens with two attached hydrogens (primary N) is 1. The van der Waals surface area contributed by atoms with E-state index in [2.05, 4.69) is 15.0 Å². The number of nitrogens with zero attached hydrogens (tertiary/aromatic N) is 2. The number of likely N-dealkylation sites (tertiary alicyclic amines) is 1. The molecule has 1 aromatic rings. The molecule has 0 spiro atoms. The van der Waals surface area contributed by atoms with E-state index in [-0.39, 0.29) is 17.6 Å². The van der Waals surface area contributed by atoms with Crippen LogP contribution in [-0.4, -0.2) is 47.8 Å². The van der Waals surface area contributed by atoms with E-state index in [1.54, 1.807) is 7.05 Å². The minimum Gasteiger partial charge on any atom is -0.382 e. The van der Waals surface area contributed by atoms with Crippen LogP contribution in [-0.2, 0) is 4.79 Å². The SMILES string of the molecule is CNC(=O)c1c(N)nsc1NCCC(=O)N1CCCC1. The number of nitrogens with one attached hydrogen (secondary N) is 2. The summed E-state index contributed by atoms with van der Waals surface area (Å²) in [6.45, 7) is 2.19. The lowest BCUT2D eigenvalue weighted by molar-refractivity contribution is -0.129. The van der Waals surface area contributed by atoms with Crippen molar-refractivity contribution in [3.05, 3.63) is 5.56 Å². The summed E-state index contributed by atoms with van der Waals surface area (Å²) in [5.41, 5.74) is 6.03. The van der Waals surface area contributed by atoms with Crippen LogP contribution in [0.1, 0.15) is 29.6 Å². The Morgan fingerprint density at radius 3 is 2.75 bits per heavy atom. The maximum atomic E-state index is 11.9. The average Bonchev–Trinajstić information content (AvgIpc) is 3.08. The van der Waals surface area contributed by atoms with Gasteiger partial charge in [-0.2, -0.15) is 4.37 Å². The Morgan fingerprint density at radius 2 is 2.10 bits per heavy atom. The van der Waals surface area contributed by atoms with E-state index in [9.17, 15) is 9.59 Å². The average molecular weight is 297 g/mol. The molecule has 1 saturated heterocycles. The smallest absolute Gasteiger partial charge is 0.257 e. The fourth-order valence-electron chi connectivity index (χ4n) is 2.18. The van der Waals surface area contributed by atoms with Crippen molar-refractivity contribution in [1.82, 2.24) is 14.6 Å². The number of amides is 2. The van der Waals surface area contributed by atoms with E-state index in [1.807, 2.05) is 4.90 Å². The molecule has 8 heteroatoms. The molecule has 0 bridgehead atoms. The summed E-state index contributed by atoms with van der Waals surface area (Å²) in [5, 5.41) is 6.20. The Bertz CT molecular complexity index is 496. The van der Waals surface area contributed by atoms with Gasteiger partial charge in [0.15, 0.2) is 5.82 Å². The molecule has 0 radical (unpaired) electrons. The second kappa shape index (κ2) is 6.56. The van der Waals surface area contributed by atoms with Gasteiger partial charge in [0.1, 0.15) is 10.6 Å². The summed E-state index contributed by atoms with van der Waals surface area (Å²) < 4.78 is 3.96. The van der Waals surface area contributed by atoms with Crippen molar-refractivity contribution in [3.63, 3.8) is 0 Å². The van der Waals surface area contributed by atoms with E-state index in [4.69, 9.17) is 5.73 Å². The van der Waals surface area contributed by atoms with Crippen molar-refractivity contribution >= 4 is 34.2 Å². The van der Waals surface area contributed by atoms with Gasteiger partial charge in [-0.05, 0) is 24.4 Å². The maximum Gasteiger partial charge on any atom is 0.257 e. The lowest BCUT2D eigenvalue weighted by Crippen LogP contribution is -2.29. The molecule has 1 aliphatic rings. The lowest BCUT2D eigenvalue weighted by atomic mass is 10.3. The molecule has 0 saturated carbocycles. The van der Waals surface area contributed by atoms with Crippen LogP contribution in [0.5, 0.6) is 0 Å². The second-order valence-electron chi connectivity index (χ2n) is 4.62. The Balaban J connectivity index is 1.88. The van der Waals surface area contributed by atoms with Crippen LogP contribution in [0.15, 0.2) is 0 Å². The van der Waals surface area contributed by atoms with Crippen LogP contribution < -0.4 is 16.4 Å². The molecule has 110 valence electrons. The number of nitrogen functional groups attached to an aromatic ring is 1. The van der Waals surface area contributed by atoms with E-state index in [0.717, 1.165) is 37.5 Å². The van der Waals surface area contributed by atoms with Crippen molar-refractivity contribution in [2.75, 3.05) is 37.7 Å². The number of anilines is 2. The topological polar surface area (TPSA) is 100 Å². The number of carbonyl (C=O) groups is 2. The van der Waals surface area contributed by atoms with Gasteiger partial charge in [0.25, 0.3) is 5.91 Å².